The Hall–Kier alpha value is -2.42. The molecule has 20 heavy (non-hydrogen) atoms. The van der Waals surface area contributed by atoms with E-state index in [0.29, 0.717) is 6.04 Å². The van der Waals surface area contributed by atoms with E-state index in [4.69, 9.17) is 0 Å². The van der Waals surface area contributed by atoms with Gasteiger partial charge in [0.15, 0.2) is 0 Å². The highest BCUT2D eigenvalue weighted by Crippen LogP contribution is 2.35. The van der Waals surface area contributed by atoms with Crippen LogP contribution in [-0.4, -0.2) is 15.0 Å². The van der Waals surface area contributed by atoms with Crippen molar-refractivity contribution in [1.82, 2.24) is 15.0 Å². The van der Waals surface area contributed by atoms with Crippen molar-refractivity contribution in [3.8, 4) is 11.3 Å². The summed E-state index contributed by atoms with van der Waals surface area (Å²) >= 11 is 0. The first kappa shape index (κ1) is 11.4. The van der Waals surface area contributed by atoms with Crippen LogP contribution in [0.25, 0.3) is 11.3 Å². The predicted octanol–water partition coefficient (Wildman–Crippen LogP) is 3.48. The lowest BCUT2D eigenvalue weighted by molar-refractivity contribution is 0.509. The van der Waals surface area contributed by atoms with E-state index in [1.165, 1.54) is 16.7 Å². The minimum Gasteiger partial charge on any atom is -0.237 e. The minimum atomic E-state index is 0.309. The van der Waals surface area contributed by atoms with E-state index in [1.807, 2.05) is 12.3 Å². The van der Waals surface area contributed by atoms with Crippen LogP contribution in [-0.2, 0) is 6.42 Å². The Morgan fingerprint density at radius 2 is 1.75 bits per heavy atom. The fourth-order valence-electron chi connectivity index (χ4n) is 3.08. The summed E-state index contributed by atoms with van der Waals surface area (Å²) in [6, 6.07) is 19.3. The van der Waals surface area contributed by atoms with Crippen LogP contribution in [0.1, 0.15) is 23.6 Å². The highest BCUT2D eigenvalue weighted by Gasteiger charge is 2.26. The molecule has 0 saturated carbocycles. The maximum Gasteiger partial charge on any atom is 0.0892 e. The number of rotatable bonds is 2. The summed E-state index contributed by atoms with van der Waals surface area (Å²) in [4.78, 5) is 0. The molecule has 0 fully saturated rings. The van der Waals surface area contributed by atoms with Gasteiger partial charge in [0, 0.05) is 5.56 Å². The lowest BCUT2D eigenvalue weighted by Crippen LogP contribution is -2.10. The molecule has 0 amide bonds. The molecular formula is C17H15N3. The van der Waals surface area contributed by atoms with Crippen LogP contribution in [0.4, 0.5) is 0 Å². The first-order valence-corrected chi connectivity index (χ1v) is 6.97. The van der Waals surface area contributed by atoms with Crippen molar-refractivity contribution in [1.29, 1.82) is 0 Å². The van der Waals surface area contributed by atoms with Crippen LogP contribution in [0.3, 0.4) is 0 Å². The second kappa shape index (κ2) is 4.60. The van der Waals surface area contributed by atoms with Crippen LogP contribution in [0.2, 0.25) is 0 Å². The van der Waals surface area contributed by atoms with Crippen molar-refractivity contribution in [3.63, 3.8) is 0 Å². The molecule has 0 radical (unpaired) electrons. The molecule has 1 atom stereocenters. The number of hydrogen-bond donors (Lipinski definition) is 0. The van der Waals surface area contributed by atoms with Gasteiger partial charge in [0.05, 0.1) is 17.9 Å². The summed E-state index contributed by atoms with van der Waals surface area (Å²) in [5.41, 5.74) is 5.08. The predicted molar refractivity (Wildman–Crippen MR) is 78.4 cm³/mol. The molecule has 0 N–H and O–H groups in total. The molecule has 4 rings (SSSR count). The van der Waals surface area contributed by atoms with Crippen LogP contribution in [0.15, 0.2) is 60.8 Å². The molecule has 1 aromatic heterocycles. The Morgan fingerprint density at radius 3 is 2.65 bits per heavy atom. The number of hydrogen-bond acceptors (Lipinski definition) is 2. The molecule has 3 aromatic rings. The van der Waals surface area contributed by atoms with Gasteiger partial charge in [-0.1, -0.05) is 59.8 Å². The van der Waals surface area contributed by atoms with E-state index < -0.39 is 0 Å². The van der Waals surface area contributed by atoms with Gasteiger partial charge in [0.25, 0.3) is 0 Å². The van der Waals surface area contributed by atoms with E-state index >= 15 is 0 Å². The van der Waals surface area contributed by atoms with Gasteiger partial charge in [0.1, 0.15) is 0 Å². The van der Waals surface area contributed by atoms with E-state index in [9.17, 15) is 0 Å². The summed E-state index contributed by atoms with van der Waals surface area (Å²) < 4.78 is 2.07. The van der Waals surface area contributed by atoms with E-state index in [1.54, 1.807) is 0 Å². The summed E-state index contributed by atoms with van der Waals surface area (Å²) in [6.45, 7) is 0. The molecule has 0 spiro atoms. The fraction of sp³-hybridized carbons (Fsp3) is 0.176. The van der Waals surface area contributed by atoms with Crippen molar-refractivity contribution in [2.45, 2.75) is 18.9 Å². The largest absolute Gasteiger partial charge is 0.237 e. The monoisotopic (exact) mass is 261 g/mol. The minimum absolute atomic E-state index is 0.309. The third-order valence-corrected chi connectivity index (χ3v) is 4.04. The zero-order valence-electron chi connectivity index (χ0n) is 11.1. The van der Waals surface area contributed by atoms with E-state index in [0.717, 1.165) is 18.5 Å². The first-order chi connectivity index (χ1) is 9.93. The summed E-state index contributed by atoms with van der Waals surface area (Å²) in [5.74, 6) is 0. The first-order valence-electron chi connectivity index (χ1n) is 6.97. The zero-order chi connectivity index (χ0) is 13.4. The molecule has 1 unspecified atom stereocenters. The van der Waals surface area contributed by atoms with Crippen LogP contribution < -0.4 is 0 Å². The lowest BCUT2D eigenvalue weighted by Gasteiger charge is -2.15. The quantitative estimate of drug-likeness (QED) is 0.707. The zero-order valence-corrected chi connectivity index (χ0v) is 11.1. The fourth-order valence-corrected chi connectivity index (χ4v) is 3.08. The maximum absolute atomic E-state index is 4.34. The molecule has 2 aromatic carbocycles. The van der Waals surface area contributed by atoms with Gasteiger partial charge < -0.3 is 0 Å². The molecule has 0 bridgehead atoms. The Labute approximate surface area is 117 Å². The maximum atomic E-state index is 4.34. The Balaban J connectivity index is 1.81. The average Bonchev–Trinajstić information content (AvgIpc) is 3.14. The number of fused-ring (bicyclic) bond motifs is 1. The topological polar surface area (TPSA) is 30.7 Å². The number of aryl methyl sites for hydroxylation is 1. The smallest absolute Gasteiger partial charge is 0.0892 e. The van der Waals surface area contributed by atoms with Crippen LogP contribution in [0.5, 0.6) is 0 Å². The van der Waals surface area contributed by atoms with Crippen molar-refractivity contribution < 1.29 is 0 Å². The molecule has 3 nitrogen and oxygen atoms in total. The Morgan fingerprint density at radius 1 is 0.950 bits per heavy atom. The highest BCUT2D eigenvalue weighted by molar-refractivity contribution is 5.58. The summed E-state index contributed by atoms with van der Waals surface area (Å²) in [7, 11) is 0. The van der Waals surface area contributed by atoms with E-state index in [-0.39, 0.29) is 0 Å². The summed E-state index contributed by atoms with van der Waals surface area (Å²) in [5, 5.41) is 8.47. The standard InChI is InChI=1S/C17H15N3/c1-2-7-14(8-3-1)17-12-18-19-20(17)16-11-10-13-6-4-5-9-15(13)16/h1-9,12,16H,10-11H2. The third-order valence-electron chi connectivity index (χ3n) is 4.04. The van der Waals surface area contributed by atoms with Gasteiger partial charge in [-0.15, -0.1) is 5.10 Å². The van der Waals surface area contributed by atoms with Gasteiger partial charge in [-0.05, 0) is 24.0 Å². The second-order valence-electron chi connectivity index (χ2n) is 5.18. The van der Waals surface area contributed by atoms with Crippen molar-refractivity contribution in [3.05, 3.63) is 71.9 Å². The van der Waals surface area contributed by atoms with Crippen molar-refractivity contribution in [2.75, 3.05) is 0 Å². The average molecular weight is 261 g/mol. The van der Waals surface area contributed by atoms with Crippen LogP contribution in [0, 0.1) is 0 Å². The van der Waals surface area contributed by atoms with Crippen molar-refractivity contribution >= 4 is 0 Å². The third kappa shape index (κ3) is 1.74. The molecule has 0 saturated heterocycles. The lowest BCUT2D eigenvalue weighted by atomic mass is 10.1. The molecule has 1 aliphatic carbocycles. The van der Waals surface area contributed by atoms with Crippen LogP contribution >= 0.6 is 0 Å². The molecule has 1 heterocycles. The number of aromatic nitrogens is 3. The molecule has 0 aliphatic heterocycles. The SMILES string of the molecule is c1ccc(-c2cnnn2C2CCc3ccccc32)cc1. The van der Waals surface area contributed by atoms with Gasteiger partial charge >= 0.3 is 0 Å². The molecular weight excluding hydrogens is 246 g/mol. The Kier molecular flexibility index (Phi) is 2.62. The molecule has 98 valence electrons. The molecule has 1 aliphatic rings. The highest BCUT2D eigenvalue weighted by atomic mass is 15.4. The van der Waals surface area contributed by atoms with Gasteiger partial charge in [0.2, 0.25) is 0 Å². The van der Waals surface area contributed by atoms with Gasteiger partial charge in [-0.2, -0.15) is 0 Å². The van der Waals surface area contributed by atoms with E-state index in [2.05, 4.69) is 63.5 Å². The van der Waals surface area contributed by atoms with Crippen molar-refractivity contribution in [2.24, 2.45) is 0 Å². The molecule has 3 heteroatoms. The number of nitrogens with zero attached hydrogens (tertiary/aromatic N) is 3. The second-order valence-corrected chi connectivity index (χ2v) is 5.18. The van der Waals surface area contributed by atoms with Gasteiger partial charge in [-0.3, -0.25) is 0 Å². The normalized spacial score (nSPS) is 17.1. The number of benzene rings is 2. The summed E-state index contributed by atoms with van der Waals surface area (Å²) in [6.07, 6.45) is 4.08. The van der Waals surface area contributed by atoms with Gasteiger partial charge in [-0.25, -0.2) is 4.68 Å². The Bertz CT molecular complexity index is 731.